The Hall–Kier alpha value is -0.210. The van der Waals surface area contributed by atoms with Crippen LogP contribution in [0.15, 0.2) is 0 Å². The standard InChI is InChI=1S/CH4O6S/c2-1(3)8(5,6)7-4/h1-4H. The van der Waals surface area contributed by atoms with Crippen LogP contribution in [0.1, 0.15) is 0 Å². The summed E-state index contributed by atoms with van der Waals surface area (Å²) in [5, 5.41) is 22.9. The third kappa shape index (κ3) is 1.72. The van der Waals surface area contributed by atoms with E-state index in [1.807, 2.05) is 0 Å². The van der Waals surface area contributed by atoms with Gasteiger partial charge in [0, 0.05) is 0 Å². The zero-order valence-electron chi connectivity index (χ0n) is 3.55. The van der Waals surface area contributed by atoms with Crippen LogP contribution in [0.2, 0.25) is 0 Å². The van der Waals surface area contributed by atoms with Gasteiger partial charge in [0.05, 0.1) is 0 Å². The Morgan fingerprint density at radius 2 is 1.75 bits per heavy atom. The van der Waals surface area contributed by atoms with Crippen LogP contribution in [-0.4, -0.2) is 29.5 Å². The molecule has 0 radical (unpaired) electrons. The van der Waals surface area contributed by atoms with Crippen molar-refractivity contribution in [3.05, 3.63) is 0 Å². The molecule has 0 aliphatic carbocycles. The topological polar surface area (TPSA) is 104 Å². The van der Waals surface area contributed by atoms with E-state index in [-0.39, 0.29) is 0 Å². The van der Waals surface area contributed by atoms with Gasteiger partial charge in [0.1, 0.15) is 0 Å². The molecule has 0 aromatic rings. The highest BCUT2D eigenvalue weighted by atomic mass is 32.2. The molecule has 0 heterocycles. The minimum atomic E-state index is -4.57. The second-order valence-electron chi connectivity index (χ2n) is 0.894. The predicted octanol–water partition coefficient (Wildman–Crippen LogP) is -1.93. The summed E-state index contributed by atoms with van der Waals surface area (Å²) in [5.41, 5.74) is -2.69. The average molecular weight is 144 g/mol. The number of hydrogen-bond donors (Lipinski definition) is 3. The molecule has 0 saturated heterocycles. The molecule has 8 heavy (non-hydrogen) atoms. The first-order valence-electron chi connectivity index (χ1n) is 1.43. The Balaban J connectivity index is 4.17. The highest BCUT2D eigenvalue weighted by molar-refractivity contribution is 7.86. The lowest BCUT2D eigenvalue weighted by atomic mass is 11.5. The van der Waals surface area contributed by atoms with Crippen LogP contribution in [0.3, 0.4) is 0 Å². The van der Waals surface area contributed by atoms with Crippen LogP contribution in [0.4, 0.5) is 0 Å². The number of rotatable bonds is 2. The lowest BCUT2D eigenvalue weighted by Gasteiger charge is -1.97. The van der Waals surface area contributed by atoms with E-state index < -0.39 is 15.7 Å². The third-order valence-electron chi connectivity index (χ3n) is 0.362. The molecule has 0 aliphatic rings. The first-order valence-corrected chi connectivity index (χ1v) is 2.91. The van der Waals surface area contributed by atoms with Gasteiger partial charge in [0.25, 0.3) is 5.62 Å². The predicted molar refractivity (Wildman–Crippen MR) is 20.9 cm³/mol. The Kier molecular flexibility index (Phi) is 2.31. The normalized spacial score (nSPS) is 12.5. The van der Waals surface area contributed by atoms with Crippen molar-refractivity contribution in [2.45, 2.75) is 5.62 Å². The van der Waals surface area contributed by atoms with Crippen LogP contribution in [-0.2, 0) is 14.5 Å². The van der Waals surface area contributed by atoms with E-state index in [9.17, 15) is 8.42 Å². The van der Waals surface area contributed by atoms with E-state index >= 15 is 0 Å². The molecule has 3 N–H and O–H groups in total. The number of aliphatic hydroxyl groups is 2. The molecule has 0 spiro atoms. The fourth-order valence-electron chi connectivity index (χ4n) is 0.0385. The monoisotopic (exact) mass is 144 g/mol. The molecule has 0 rings (SSSR count). The minimum Gasteiger partial charge on any atom is -0.354 e. The molecule has 0 aromatic heterocycles. The molecule has 0 saturated carbocycles. The van der Waals surface area contributed by atoms with Crippen LogP contribution in [0, 0.1) is 0 Å². The van der Waals surface area contributed by atoms with Crippen molar-refractivity contribution in [3.63, 3.8) is 0 Å². The van der Waals surface area contributed by atoms with Crippen LogP contribution < -0.4 is 0 Å². The van der Waals surface area contributed by atoms with Gasteiger partial charge in [-0.15, -0.1) is 4.33 Å². The van der Waals surface area contributed by atoms with E-state index in [0.29, 0.717) is 0 Å². The number of aliphatic hydroxyl groups excluding tert-OH is 1. The Morgan fingerprint density at radius 1 is 1.38 bits per heavy atom. The van der Waals surface area contributed by atoms with Crippen LogP contribution in [0.5, 0.6) is 0 Å². The molecule has 0 fully saturated rings. The van der Waals surface area contributed by atoms with E-state index in [4.69, 9.17) is 15.5 Å². The van der Waals surface area contributed by atoms with Gasteiger partial charge in [-0.25, -0.2) is 5.26 Å². The Labute approximate surface area is 45.0 Å². The van der Waals surface area contributed by atoms with E-state index in [1.165, 1.54) is 0 Å². The molecular formula is CH4O6S. The van der Waals surface area contributed by atoms with Crippen molar-refractivity contribution in [1.29, 1.82) is 0 Å². The van der Waals surface area contributed by atoms with Crippen molar-refractivity contribution in [1.82, 2.24) is 0 Å². The maximum absolute atomic E-state index is 9.73. The molecule has 0 atom stereocenters. The van der Waals surface area contributed by atoms with Crippen molar-refractivity contribution < 1.29 is 28.2 Å². The zero-order valence-corrected chi connectivity index (χ0v) is 4.37. The summed E-state index contributed by atoms with van der Waals surface area (Å²) in [4.78, 5) is 0. The molecular weight excluding hydrogens is 140 g/mol. The highest BCUT2D eigenvalue weighted by Gasteiger charge is 2.19. The van der Waals surface area contributed by atoms with E-state index in [1.54, 1.807) is 0 Å². The molecule has 0 aliphatic heterocycles. The van der Waals surface area contributed by atoms with Crippen molar-refractivity contribution in [2.75, 3.05) is 0 Å². The van der Waals surface area contributed by atoms with Crippen LogP contribution in [0.25, 0.3) is 0 Å². The fraction of sp³-hybridized carbons (Fsp3) is 1.00. The first-order chi connectivity index (χ1) is 3.50. The third-order valence-corrected chi connectivity index (χ3v) is 1.09. The average Bonchev–Trinajstić information content (AvgIpc) is 1.67. The van der Waals surface area contributed by atoms with Crippen molar-refractivity contribution >= 4 is 10.1 Å². The smallest absolute Gasteiger partial charge is 0.346 e. The lowest BCUT2D eigenvalue weighted by molar-refractivity contribution is -0.142. The van der Waals surface area contributed by atoms with Gasteiger partial charge in [0.15, 0.2) is 0 Å². The molecule has 50 valence electrons. The quantitative estimate of drug-likeness (QED) is 0.237. The van der Waals surface area contributed by atoms with Gasteiger partial charge >= 0.3 is 10.1 Å². The van der Waals surface area contributed by atoms with Gasteiger partial charge in [-0.1, -0.05) is 0 Å². The molecule has 0 amide bonds. The summed E-state index contributed by atoms with van der Waals surface area (Å²) in [6.07, 6.45) is 0. The summed E-state index contributed by atoms with van der Waals surface area (Å²) < 4.78 is 22.1. The lowest BCUT2D eigenvalue weighted by Crippen LogP contribution is -2.20. The van der Waals surface area contributed by atoms with Crippen molar-refractivity contribution in [2.24, 2.45) is 0 Å². The Bertz CT molecular complexity index is 142. The molecule has 0 bridgehead atoms. The van der Waals surface area contributed by atoms with Crippen molar-refractivity contribution in [3.8, 4) is 0 Å². The van der Waals surface area contributed by atoms with E-state index in [2.05, 4.69) is 4.33 Å². The molecule has 6 nitrogen and oxygen atoms in total. The minimum absolute atomic E-state index is 2.67. The zero-order chi connectivity index (χ0) is 6.78. The second kappa shape index (κ2) is 2.37. The summed E-state index contributed by atoms with van der Waals surface area (Å²) in [5.74, 6) is 0. The van der Waals surface area contributed by atoms with E-state index in [0.717, 1.165) is 0 Å². The summed E-state index contributed by atoms with van der Waals surface area (Å²) in [7, 11) is -4.57. The SMILES string of the molecule is O=S(=O)(OO)C(O)O. The van der Waals surface area contributed by atoms with Crippen LogP contribution >= 0.6 is 0 Å². The van der Waals surface area contributed by atoms with Gasteiger partial charge < -0.3 is 10.2 Å². The maximum Gasteiger partial charge on any atom is 0.346 e. The highest BCUT2D eigenvalue weighted by Crippen LogP contribution is 1.92. The Morgan fingerprint density at radius 3 is 1.75 bits per heavy atom. The summed E-state index contributed by atoms with van der Waals surface area (Å²) in [6, 6.07) is 0. The van der Waals surface area contributed by atoms with Gasteiger partial charge in [-0.3, -0.25) is 0 Å². The largest absolute Gasteiger partial charge is 0.354 e. The van der Waals surface area contributed by atoms with Gasteiger partial charge in [-0.05, 0) is 0 Å². The maximum atomic E-state index is 9.73. The molecule has 0 aromatic carbocycles. The van der Waals surface area contributed by atoms with Gasteiger partial charge in [0.2, 0.25) is 0 Å². The summed E-state index contributed by atoms with van der Waals surface area (Å²) in [6.45, 7) is 0. The molecule has 7 heteroatoms. The summed E-state index contributed by atoms with van der Waals surface area (Å²) >= 11 is 0. The molecule has 0 unspecified atom stereocenters. The fourth-order valence-corrected chi connectivity index (χ4v) is 0.115. The van der Waals surface area contributed by atoms with Gasteiger partial charge in [-0.2, -0.15) is 8.42 Å². The second-order valence-corrected chi connectivity index (χ2v) is 2.45. The first kappa shape index (κ1) is 7.79. The number of hydrogen-bond acceptors (Lipinski definition) is 6.